The molecular weight excluding hydrogens is 469 g/mol. The van der Waals surface area contributed by atoms with E-state index in [0.717, 1.165) is 30.5 Å². The van der Waals surface area contributed by atoms with Crippen LogP contribution < -0.4 is 0 Å². The van der Waals surface area contributed by atoms with Crippen molar-refractivity contribution in [1.29, 1.82) is 0 Å². The summed E-state index contributed by atoms with van der Waals surface area (Å²) in [6.45, 7) is 8.50. The van der Waals surface area contributed by atoms with Gasteiger partial charge in [-0.25, -0.2) is 4.79 Å². The van der Waals surface area contributed by atoms with Gasteiger partial charge in [-0.1, -0.05) is 45.0 Å². The molecule has 1 N–H and O–H groups in total. The standard InChI is InChI=1S/C28H31F3N2O3/c1-17(18-5-7-20(8-6-18)25(35)36)33-24(34)23(19-9-11-22(12-10-19)28(29,30)31)32-27(33)15-13-21(14-16-27)26(2,3)4/h5-12,17,21H,13-16H2,1-4H3,(H,35,36)/t17-,21?,27?/m1/s1. The van der Waals surface area contributed by atoms with E-state index in [-0.39, 0.29) is 22.6 Å². The fourth-order valence-electron chi connectivity index (χ4n) is 5.51. The fourth-order valence-corrected chi connectivity index (χ4v) is 5.51. The average Bonchev–Trinajstić information content (AvgIpc) is 3.09. The van der Waals surface area contributed by atoms with Crippen molar-refractivity contribution in [3.8, 4) is 0 Å². The van der Waals surface area contributed by atoms with Crippen LogP contribution in [0.5, 0.6) is 0 Å². The Kier molecular flexibility index (Phi) is 6.52. The highest BCUT2D eigenvalue weighted by Gasteiger charge is 2.52. The molecule has 0 saturated heterocycles. The Morgan fingerprint density at radius 2 is 1.58 bits per heavy atom. The largest absolute Gasteiger partial charge is 0.478 e. The maximum Gasteiger partial charge on any atom is 0.416 e. The van der Waals surface area contributed by atoms with Crippen molar-refractivity contribution < 1.29 is 27.9 Å². The molecule has 2 aliphatic rings. The first-order valence-corrected chi connectivity index (χ1v) is 12.2. The topological polar surface area (TPSA) is 70.0 Å². The molecule has 1 atom stereocenters. The molecule has 1 amide bonds. The molecule has 1 heterocycles. The van der Waals surface area contributed by atoms with E-state index < -0.39 is 29.4 Å². The number of aromatic carboxylic acids is 1. The van der Waals surface area contributed by atoms with Gasteiger partial charge in [0.15, 0.2) is 0 Å². The lowest BCUT2D eigenvalue weighted by atomic mass is 9.69. The van der Waals surface area contributed by atoms with Crippen molar-refractivity contribution in [2.45, 2.75) is 71.3 Å². The number of carboxylic acid groups (broad SMARTS) is 1. The lowest BCUT2D eigenvalue weighted by molar-refractivity contribution is -0.137. The third-order valence-corrected chi connectivity index (χ3v) is 7.71. The lowest BCUT2D eigenvalue weighted by Crippen LogP contribution is -2.50. The number of carboxylic acids is 1. The van der Waals surface area contributed by atoms with Crippen LogP contribution in [0.15, 0.2) is 53.5 Å². The number of carbonyl (C=O) groups is 2. The predicted molar refractivity (Wildman–Crippen MR) is 131 cm³/mol. The summed E-state index contributed by atoms with van der Waals surface area (Å²) in [5, 5.41) is 9.23. The molecule has 0 unspecified atom stereocenters. The highest BCUT2D eigenvalue weighted by molar-refractivity contribution is 6.46. The molecule has 0 radical (unpaired) electrons. The number of hydrogen-bond acceptors (Lipinski definition) is 3. The first-order valence-electron chi connectivity index (χ1n) is 12.2. The summed E-state index contributed by atoms with van der Waals surface area (Å²) in [4.78, 5) is 31.8. The first-order chi connectivity index (χ1) is 16.7. The average molecular weight is 501 g/mol. The minimum absolute atomic E-state index is 0.118. The van der Waals surface area contributed by atoms with Crippen LogP contribution in [0.3, 0.4) is 0 Å². The number of hydrogen-bond donors (Lipinski definition) is 1. The van der Waals surface area contributed by atoms with Gasteiger partial charge in [-0.15, -0.1) is 0 Å². The summed E-state index contributed by atoms with van der Waals surface area (Å²) in [5.74, 6) is -0.884. The molecule has 1 aliphatic heterocycles. The third kappa shape index (κ3) is 4.77. The van der Waals surface area contributed by atoms with E-state index in [1.165, 1.54) is 24.3 Å². The zero-order chi connectivity index (χ0) is 26.5. The monoisotopic (exact) mass is 500 g/mol. The van der Waals surface area contributed by atoms with Crippen molar-refractivity contribution in [3.63, 3.8) is 0 Å². The molecule has 4 rings (SSSR count). The van der Waals surface area contributed by atoms with Crippen molar-refractivity contribution in [3.05, 3.63) is 70.8 Å². The summed E-state index contributed by atoms with van der Waals surface area (Å²) in [6.07, 6.45) is -1.40. The summed E-state index contributed by atoms with van der Waals surface area (Å²) >= 11 is 0. The van der Waals surface area contributed by atoms with E-state index >= 15 is 0 Å². The van der Waals surface area contributed by atoms with E-state index in [0.29, 0.717) is 24.3 Å². The summed E-state index contributed by atoms with van der Waals surface area (Å²) in [7, 11) is 0. The van der Waals surface area contributed by atoms with Crippen LogP contribution in [0, 0.1) is 11.3 Å². The summed E-state index contributed by atoms with van der Waals surface area (Å²) < 4.78 is 39.3. The molecule has 1 fully saturated rings. The number of benzene rings is 2. The Labute approximate surface area is 209 Å². The molecular formula is C28H31F3N2O3. The Bertz CT molecular complexity index is 1170. The Hall–Kier alpha value is -3.16. The summed E-state index contributed by atoms with van der Waals surface area (Å²) in [6, 6.07) is 10.6. The predicted octanol–water partition coefficient (Wildman–Crippen LogP) is 6.73. The number of rotatable bonds is 4. The van der Waals surface area contributed by atoms with Gasteiger partial charge in [-0.2, -0.15) is 13.2 Å². The van der Waals surface area contributed by atoms with Gasteiger partial charge >= 0.3 is 12.1 Å². The van der Waals surface area contributed by atoms with Crippen LogP contribution >= 0.6 is 0 Å². The number of nitrogens with zero attached hydrogens (tertiary/aromatic N) is 2. The van der Waals surface area contributed by atoms with E-state index in [4.69, 9.17) is 4.99 Å². The molecule has 192 valence electrons. The van der Waals surface area contributed by atoms with Gasteiger partial charge in [0.25, 0.3) is 5.91 Å². The highest BCUT2D eigenvalue weighted by Crippen LogP contribution is 2.49. The summed E-state index contributed by atoms with van der Waals surface area (Å²) in [5.41, 5.74) is 0.0136. The second-order valence-corrected chi connectivity index (χ2v) is 10.9. The normalized spacial score (nSPS) is 23.6. The van der Waals surface area contributed by atoms with Gasteiger partial charge in [0.05, 0.1) is 17.2 Å². The highest BCUT2D eigenvalue weighted by atomic mass is 19.4. The van der Waals surface area contributed by atoms with Crippen LogP contribution in [0.2, 0.25) is 0 Å². The van der Waals surface area contributed by atoms with E-state index in [2.05, 4.69) is 20.8 Å². The molecule has 8 heteroatoms. The zero-order valence-electron chi connectivity index (χ0n) is 20.9. The van der Waals surface area contributed by atoms with Gasteiger partial charge in [-0.05, 0) is 73.8 Å². The molecule has 2 aromatic carbocycles. The number of amides is 1. The van der Waals surface area contributed by atoms with Gasteiger partial charge < -0.3 is 10.0 Å². The van der Waals surface area contributed by atoms with Crippen LogP contribution in [-0.4, -0.2) is 33.3 Å². The molecule has 1 saturated carbocycles. The Morgan fingerprint density at radius 1 is 1.03 bits per heavy atom. The second-order valence-electron chi connectivity index (χ2n) is 10.9. The second kappa shape index (κ2) is 9.05. The number of halogens is 3. The Balaban J connectivity index is 1.71. The Morgan fingerprint density at radius 3 is 2.06 bits per heavy atom. The van der Waals surface area contributed by atoms with Crippen molar-refractivity contribution in [2.75, 3.05) is 0 Å². The van der Waals surface area contributed by atoms with Gasteiger partial charge in [-0.3, -0.25) is 9.79 Å². The fraction of sp³-hybridized carbons (Fsp3) is 0.464. The van der Waals surface area contributed by atoms with Crippen LogP contribution in [0.1, 0.15) is 86.5 Å². The van der Waals surface area contributed by atoms with Crippen LogP contribution in [0.4, 0.5) is 13.2 Å². The third-order valence-electron chi connectivity index (χ3n) is 7.71. The molecule has 5 nitrogen and oxygen atoms in total. The molecule has 1 aliphatic carbocycles. The molecule has 0 aromatic heterocycles. The number of carbonyl (C=O) groups excluding carboxylic acids is 1. The minimum Gasteiger partial charge on any atom is -0.478 e. The quantitative estimate of drug-likeness (QED) is 0.506. The zero-order valence-corrected chi connectivity index (χ0v) is 20.9. The number of aliphatic imine (C=N–C) groups is 1. The molecule has 36 heavy (non-hydrogen) atoms. The van der Waals surface area contributed by atoms with Crippen LogP contribution in [0.25, 0.3) is 0 Å². The minimum atomic E-state index is -4.46. The molecule has 2 aromatic rings. The van der Waals surface area contributed by atoms with Crippen molar-refractivity contribution >= 4 is 17.6 Å². The van der Waals surface area contributed by atoms with E-state index in [1.807, 2.05) is 6.92 Å². The number of alkyl halides is 3. The van der Waals surface area contributed by atoms with Gasteiger partial charge in [0.2, 0.25) is 0 Å². The van der Waals surface area contributed by atoms with Gasteiger partial charge in [0, 0.05) is 5.56 Å². The molecule has 1 spiro atoms. The smallest absolute Gasteiger partial charge is 0.416 e. The van der Waals surface area contributed by atoms with E-state index in [9.17, 15) is 27.9 Å². The van der Waals surface area contributed by atoms with Crippen LogP contribution in [-0.2, 0) is 11.0 Å². The first kappa shape index (κ1) is 25.9. The maximum atomic E-state index is 13.8. The molecule has 0 bridgehead atoms. The van der Waals surface area contributed by atoms with E-state index in [1.54, 1.807) is 17.0 Å². The SMILES string of the molecule is C[C@H](c1ccc(C(=O)O)cc1)N1C(=O)C(c2ccc(C(F)(F)F)cc2)=NC12CCC(C(C)(C)C)CC2. The van der Waals surface area contributed by atoms with Crippen molar-refractivity contribution in [2.24, 2.45) is 16.3 Å². The lowest BCUT2D eigenvalue weighted by Gasteiger charge is -2.46. The maximum absolute atomic E-state index is 13.8. The van der Waals surface area contributed by atoms with Crippen molar-refractivity contribution in [1.82, 2.24) is 4.90 Å². The van der Waals surface area contributed by atoms with Gasteiger partial charge in [0.1, 0.15) is 11.4 Å².